The van der Waals surface area contributed by atoms with E-state index in [2.05, 4.69) is 25.1 Å². The van der Waals surface area contributed by atoms with Crippen LogP contribution in [0.15, 0.2) is 18.2 Å². The van der Waals surface area contributed by atoms with Crippen molar-refractivity contribution in [1.29, 1.82) is 0 Å². The van der Waals surface area contributed by atoms with Gasteiger partial charge in [0.25, 0.3) is 0 Å². The first kappa shape index (κ1) is 11.3. The summed E-state index contributed by atoms with van der Waals surface area (Å²) in [4.78, 5) is 2.26. The van der Waals surface area contributed by atoms with E-state index in [1.165, 1.54) is 30.4 Å². The molecule has 0 bridgehead atoms. The Hall–Kier alpha value is -0.835. The molecule has 3 rings (SSSR count). The number of hydrogen-bond donors (Lipinski definition) is 2. The molecule has 90 valence electrons. The summed E-state index contributed by atoms with van der Waals surface area (Å²) in [6.07, 6.45) is 3.67. The van der Waals surface area contributed by atoms with E-state index in [1.54, 1.807) is 0 Å². The number of rotatable bonds is 2. The zero-order valence-electron chi connectivity index (χ0n) is 10.3. The van der Waals surface area contributed by atoms with E-state index >= 15 is 0 Å². The summed E-state index contributed by atoms with van der Waals surface area (Å²) in [7, 11) is 2.88. The molecule has 1 aromatic rings. The molecule has 1 fully saturated rings. The summed E-state index contributed by atoms with van der Waals surface area (Å²) in [5.41, 5.74) is 3.68. The van der Waals surface area contributed by atoms with Gasteiger partial charge >= 0.3 is 7.12 Å². The summed E-state index contributed by atoms with van der Waals surface area (Å²) < 4.78 is 0. The minimum absolute atomic E-state index is 0.342. The molecule has 0 aliphatic heterocycles. The fourth-order valence-corrected chi connectivity index (χ4v) is 3.16. The minimum Gasteiger partial charge on any atom is -0.423 e. The second kappa shape index (κ2) is 3.58. The first-order valence-corrected chi connectivity index (χ1v) is 6.20. The second-order valence-electron chi connectivity index (χ2n) is 5.68. The molecule has 1 atom stereocenters. The standard InChI is InChI=1S/C13H18BNO2/c1-15(2)12-8-13(5-6-13)11-7-9(14(16)17)3-4-10(11)12/h3-4,7,12,16-17H,5-6,8H2,1-2H3. The van der Waals surface area contributed by atoms with Crippen LogP contribution < -0.4 is 5.46 Å². The lowest BCUT2D eigenvalue weighted by Crippen LogP contribution is -2.30. The SMILES string of the molecule is CN(C)C1CC2(CC2)c2cc(B(O)O)ccc21. The number of benzene rings is 1. The van der Waals surface area contributed by atoms with E-state index in [-0.39, 0.29) is 0 Å². The summed E-state index contributed by atoms with van der Waals surface area (Å²) in [6, 6.07) is 6.39. The molecule has 0 aromatic heterocycles. The molecular weight excluding hydrogens is 213 g/mol. The average molecular weight is 231 g/mol. The zero-order chi connectivity index (χ0) is 12.2. The number of hydrogen-bond acceptors (Lipinski definition) is 3. The quantitative estimate of drug-likeness (QED) is 0.724. The summed E-state index contributed by atoms with van der Waals surface area (Å²) in [6.45, 7) is 0. The second-order valence-corrected chi connectivity index (χ2v) is 5.68. The zero-order valence-corrected chi connectivity index (χ0v) is 10.3. The third-order valence-electron chi connectivity index (χ3n) is 4.37. The molecule has 2 aliphatic rings. The van der Waals surface area contributed by atoms with Gasteiger partial charge in [-0.2, -0.15) is 0 Å². The average Bonchev–Trinajstić information content (AvgIpc) is 2.97. The highest BCUT2D eigenvalue weighted by Gasteiger charge is 2.52. The van der Waals surface area contributed by atoms with Gasteiger partial charge in [0.1, 0.15) is 0 Å². The Morgan fingerprint density at radius 3 is 2.53 bits per heavy atom. The molecule has 1 saturated carbocycles. The van der Waals surface area contributed by atoms with E-state index in [4.69, 9.17) is 0 Å². The Bertz CT molecular complexity index is 455. The van der Waals surface area contributed by atoms with Crippen LogP contribution in [-0.4, -0.2) is 36.2 Å². The van der Waals surface area contributed by atoms with Crippen molar-refractivity contribution in [1.82, 2.24) is 4.90 Å². The van der Waals surface area contributed by atoms with E-state index in [1.807, 2.05) is 12.1 Å². The Labute approximate surface area is 102 Å². The number of nitrogens with zero attached hydrogens (tertiary/aromatic N) is 1. The Balaban J connectivity index is 2.07. The minimum atomic E-state index is -1.35. The monoisotopic (exact) mass is 231 g/mol. The van der Waals surface area contributed by atoms with Gasteiger partial charge in [-0.1, -0.05) is 18.2 Å². The van der Waals surface area contributed by atoms with Gasteiger partial charge in [-0.3, -0.25) is 0 Å². The van der Waals surface area contributed by atoms with Crippen LogP contribution in [0.3, 0.4) is 0 Å². The number of fused-ring (bicyclic) bond motifs is 2. The van der Waals surface area contributed by atoms with Gasteiger partial charge < -0.3 is 14.9 Å². The summed E-state index contributed by atoms with van der Waals surface area (Å²) in [5, 5.41) is 18.5. The fraction of sp³-hybridized carbons (Fsp3) is 0.538. The molecule has 4 heteroatoms. The Kier molecular flexibility index (Phi) is 2.37. The van der Waals surface area contributed by atoms with Crippen molar-refractivity contribution in [2.24, 2.45) is 0 Å². The first-order valence-electron chi connectivity index (χ1n) is 6.20. The van der Waals surface area contributed by atoms with E-state index < -0.39 is 7.12 Å². The van der Waals surface area contributed by atoms with Gasteiger partial charge in [0.15, 0.2) is 0 Å². The summed E-state index contributed by atoms with van der Waals surface area (Å²) >= 11 is 0. The van der Waals surface area contributed by atoms with Gasteiger partial charge in [-0.25, -0.2) is 0 Å². The van der Waals surface area contributed by atoms with Crippen LogP contribution in [0.2, 0.25) is 0 Å². The molecule has 0 saturated heterocycles. The molecule has 1 aromatic carbocycles. The van der Waals surface area contributed by atoms with Crippen molar-refractivity contribution in [2.75, 3.05) is 14.1 Å². The predicted octanol–water partition coefficient (Wildman–Crippen LogP) is 0.404. The van der Waals surface area contributed by atoms with Gasteiger partial charge in [-0.05, 0) is 55.4 Å². The maximum atomic E-state index is 9.27. The van der Waals surface area contributed by atoms with Crippen LogP contribution >= 0.6 is 0 Å². The molecule has 2 N–H and O–H groups in total. The lowest BCUT2D eigenvalue weighted by atomic mass is 9.78. The lowest BCUT2D eigenvalue weighted by Gasteiger charge is -2.20. The van der Waals surface area contributed by atoms with Crippen molar-refractivity contribution in [3.05, 3.63) is 29.3 Å². The van der Waals surface area contributed by atoms with Gasteiger partial charge in [0.2, 0.25) is 0 Å². The van der Waals surface area contributed by atoms with Crippen molar-refractivity contribution in [3.63, 3.8) is 0 Å². The third-order valence-corrected chi connectivity index (χ3v) is 4.37. The van der Waals surface area contributed by atoms with Crippen molar-refractivity contribution < 1.29 is 10.0 Å². The lowest BCUT2D eigenvalue weighted by molar-refractivity contribution is 0.285. The van der Waals surface area contributed by atoms with Crippen LogP contribution in [-0.2, 0) is 5.41 Å². The van der Waals surface area contributed by atoms with E-state index in [9.17, 15) is 10.0 Å². The fourth-order valence-electron chi connectivity index (χ4n) is 3.16. The highest BCUT2D eigenvalue weighted by molar-refractivity contribution is 6.58. The van der Waals surface area contributed by atoms with Gasteiger partial charge in [0, 0.05) is 6.04 Å². The molecular formula is C13H18BNO2. The van der Waals surface area contributed by atoms with Crippen molar-refractivity contribution in [3.8, 4) is 0 Å². The largest absolute Gasteiger partial charge is 0.488 e. The highest BCUT2D eigenvalue weighted by atomic mass is 16.4. The van der Waals surface area contributed by atoms with Gasteiger partial charge in [-0.15, -0.1) is 0 Å². The van der Waals surface area contributed by atoms with Crippen molar-refractivity contribution >= 4 is 12.6 Å². The highest BCUT2D eigenvalue weighted by Crippen LogP contribution is 2.60. The van der Waals surface area contributed by atoms with E-state index in [0.29, 0.717) is 16.9 Å². The predicted molar refractivity (Wildman–Crippen MR) is 68.2 cm³/mol. The Morgan fingerprint density at radius 2 is 2.00 bits per heavy atom. The first-order chi connectivity index (χ1) is 8.03. The van der Waals surface area contributed by atoms with Crippen LogP contribution in [0.5, 0.6) is 0 Å². The molecule has 0 radical (unpaired) electrons. The van der Waals surface area contributed by atoms with Crippen LogP contribution in [0.1, 0.15) is 36.4 Å². The molecule has 0 amide bonds. The smallest absolute Gasteiger partial charge is 0.423 e. The van der Waals surface area contributed by atoms with E-state index in [0.717, 1.165) is 0 Å². The maximum Gasteiger partial charge on any atom is 0.488 e. The summed E-state index contributed by atoms with van der Waals surface area (Å²) in [5.74, 6) is 0. The molecule has 0 heterocycles. The normalized spacial score (nSPS) is 24.2. The van der Waals surface area contributed by atoms with Crippen molar-refractivity contribution in [2.45, 2.75) is 30.7 Å². The van der Waals surface area contributed by atoms with Crippen LogP contribution in [0, 0.1) is 0 Å². The molecule has 3 nitrogen and oxygen atoms in total. The van der Waals surface area contributed by atoms with Crippen LogP contribution in [0.4, 0.5) is 0 Å². The van der Waals surface area contributed by atoms with Crippen LogP contribution in [0.25, 0.3) is 0 Å². The molecule has 2 aliphatic carbocycles. The van der Waals surface area contributed by atoms with Gasteiger partial charge in [0.05, 0.1) is 0 Å². The molecule has 17 heavy (non-hydrogen) atoms. The molecule has 1 unspecified atom stereocenters. The topological polar surface area (TPSA) is 43.7 Å². The maximum absolute atomic E-state index is 9.27. The Morgan fingerprint density at radius 1 is 1.29 bits per heavy atom. The third kappa shape index (κ3) is 1.63. The molecule has 1 spiro atoms.